The molecule has 2 aromatic heterocycles. The van der Waals surface area contributed by atoms with Gasteiger partial charge in [-0.15, -0.1) is 0 Å². The highest BCUT2D eigenvalue weighted by Gasteiger charge is 2.45. The van der Waals surface area contributed by atoms with E-state index in [0.717, 1.165) is 37.8 Å². The van der Waals surface area contributed by atoms with Gasteiger partial charge in [0.2, 0.25) is 33.3 Å². The fourth-order valence-corrected chi connectivity index (χ4v) is 8.26. The number of aromatic nitrogens is 2. The standard InChI is InChI=1S/C38H39F4N5O7S/c39-24-13-16-30-28(18-24)32-33(54-30)37(45-35(44-32)21-9-11-23(12-10-21)38(40,41)42)53-25-19-29(34(43)49)47(20-25)31(48)8-6-4-2-1-3-5-7-22-17-27(22)36(50)46-55(51,52)26-14-15-26/h5,7,9-13,16,18,22,25-27,29H,1-4,6,8,14-15,17,19-20H2,(H2,43,49)(H,46,50)/b7-5-/t22-,25-,27+,29+/m1/s1. The number of furan rings is 1. The van der Waals surface area contributed by atoms with E-state index < -0.39 is 56.8 Å². The fraction of sp³-hybridized carbons (Fsp3) is 0.447. The van der Waals surface area contributed by atoms with E-state index in [-0.39, 0.29) is 71.1 Å². The number of nitrogens with two attached hydrogens (primary N) is 1. The van der Waals surface area contributed by atoms with Crippen molar-refractivity contribution in [3.05, 3.63) is 66.0 Å². The number of rotatable bonds is 15. The van der Waals surface area contributed by atoms with Crippen molar-refractivity contribution in [1.82, 2.24) is 19.6 Å². The number of alkyl halides is 3. The molecular formula is C38H39F4N5O7S. The molecule has 3 aliphatic rings. The summed E-state index contributed by atoms with van der Waals surface area (Å²) in [6, 6.07) is 7.10. The van der Waals surface area contributed by atoms with Crippen LogP contribution in [0.1, 0.15) is 69.8 Å². The molecule has 3 N–H and O–H groups in total. The van der Waals surface area contributed by atoms with Crippen LogP contribution in [0.4, 0.5) is 17.6 Å². The van der Waals surface area contributed by atoms with Gasteiger partial charge in [0.05, 0.1) is 17.4 Å². The van der Waals surface area contributed by atoms with Crippen LogP contribution in [0.2, 0.25) is 0 Å². The Morgan fingerprint density at radius 2 is 1.76 bits per heavy atom. The van der Waals surface area contributed by atoms with Crippen molar-refractivity contribution in [2.75, 3.05) is 6.54 Å². The third-order valence-corrected chi connectivity index (χ3v) is 12.0. The lowest BCUT2D eigenvalue weighted by Crippen LogP contribution is -2.43. The Labute approximate surface area is 313 Å². The number of hydrogen-bond donors (Lipinski definition) is 2. The molecule has 2 aromatic carbocycles. The quantitative estimate of drug-likeness (QED) is 0.0811. The Hall–Kier alpha value is -5.06. The second-order valence-corrected chi connectivity index (χ2v) is 16.3. The number of carbonyl (C=O) groups is 3. The van der Waals surface area contributed by atoms with Gasteiger partial charge in [-0.3, -0.25) is 19.1 Å². The normalized spacial score (nSPS) is 21.4. The van der Waals surface area contributed by atoms with Crippen molar-refractivity contribution in [3.8, 4) is 17.3 Å². The number of fused-ring (bicyclic) bond motifs is 3. The summed E-state index contributed by atoms with van der Waals surface area (Å²) >= 11 is 0. The summed E-state index contributed by atoms with van der Waals surface area (Å²) in [5, 5.41) is -0.141. The summed E-state index contributed by atoms with van der Waals surface area (Å²) in [7, 11) is -3.54. The molecule has 0 bridgehead atoms. The molecule has 0 unspecified atom stereocenters. The summed E-state index contributed by atoms with van der Waals surface area (Å²) in [6.45, 7) is 0.0138. The molecule has 0 radical (unpaired) electrons. The number of carbonyl (C=O) groups excluding carboxylic acids is 3. The van der Waals surface area contributed by atoms with Crippen molar-refractivity contribution in [2.45, 2.75) is 87.8 Å². The largest absolute Gasteiger partial charge is 0.470 e. The van der Waals surface area contributed by atoms with Crippen LogP contribution in [0.15, 0.2) is 59.0 Å². The van der Waals surface area contributed by atoms with Gasteiger partial charge in [0.25, 0.3) is 5.88 Å². The number of unbranched alkanes of at least 4 members (excludes halogenated alkanes) is 4. The third kappa shape index (κ3) is 8.76. The number of ether oxygens (including phenoxy) is 1. The zero-order valence-corrected chi connectivity index (χ0v) is 30.4. The summed E-state index contributed by atoms with van der Waals surface area (Å²) in [6.07, 6.45) is 4.56. The predicted octanol–water partition coefficient (Wildman–Crippen LogP) is 6.18. The zero-order chi connectivity index (χ0) is 39.1. The molecule has 3 fully saturated rings. The van der Waals surface area contributed by atoms with Crippen molar-refractivity contribution in [1.29, 1.82) is 0 Å². The number of likely N-dealkylation sites (tertiary alicyclic amines) is 1. The Balaban J connectivity index is 0.938. The first-order valence-electron chi connectivity index (χ1n) is 18.2. The number of nitrogens with zero attached hydrogens (tertiary/aromatic N) is 3. The van der Waals surface area contributed by atoms with Crippen LogP contribution in [-0.4, -0.2) is 64.9 Å². The molecule has 7 rings (SSSR count). The van der Waals surface area contributed by atoms with Crippen LogP contribution < -0.4 is 15.2 Å². The number of benzene rings is 2. The van der Waals surface area contributed by atoms with Crippen LogP contribution in [0.25, 0.3) is 33.5 Å². The topological polar surface area (TPSA) is 175 Å². The number of allylic oxidation sites excluding steroid dienone is 2. The van der Waals surface area contributed by atoms with Crippen LogP contribution in [0.5, 0.6) is 5.88 Å². The van der Waals surface area contributed by atoms with Crippen LogP contribution in [0, 0.1) is 17.7 Å². The Morgan fingerprint density at radius 1 is 1.02 bits per heavy atom. The van der Waals surface area contributed by atoms with Gasteiger partial charge in [-0.25, -0.2) is 17.8 Å². The SMILES string of the molecule is NC(=O)[C@@H]1C[C@@H](Oc2nc(-c3ccc(C(F)(F)F)cc3)nc3c2oc2ccc(F)cc23)CN1C(=O)CCCCCC/C=C\[C@@H]1C[C@@H]1C(=O)NS(=O)(=O)C1CC1. The number of halogens is 4. The molecule has 3 heterocycles. The minimum absolute atomic E-state index is 0.00281. The monoisotopic (exact) mass is 785 g/mol. The fourth-order valence-electron chi connectivity index (χ4n) is 6.91. The number of sulfonamides is 1. The number of primary amides is 1. The molecule has 12 nitrogen and oxygen atoms in total. The van der Waals surface area contributed by atoms with E-state index in [1.807, 2.05) is 12.2 Å². The summed E-state index contributed by atoms with van der Waals surface area (Å²) < 4.78 is 92.3. The van der Waals surface area contributed by atoms with Crippen LogP contribution >= 0.6 is 0 Å². The first kappa shape index (κ1) is 38.2. The van der Waals surface area contributed by atoms with E-state index in [2.05, 4.69) is 14.7 Å². The summed E-state index contributed by atoms with van der Waals surface area (Å²) in [5.41, 5.74) is 5.57. The molecule has 4 aromatic rings. The maximum absolute atomic E-state index is 14.3. The lowest BCUT2D eigenvalue weighted by Gasteiger charge is -2.21. The van der Waals surface area contributed by atoms with Gasteiger partial charge in [0.15, 0.2) is 5.82 Å². The molecule has 292 valence electrons. The van der Waals surface area contributed by atoms with Gasteiger partial charge in [-0.1, -0.05) is 37.1 Å². The number of amides is 3. The highest BCUT2D eigenvalue weighted by molar-refractivity contribution is 7.90. The van der Waals surface area contributed by atoms with Crippen molar-refractivity contribution in [2.24, 2.45) is 17.6 Å². The molecule has 4 atom stereocenters. The van der Waals surface area contributed by atoms with Gasteiger partial charge in [0.1, 0.15) is 29.1 Å². The summed E-state index contributed by atoms with van der Waals surface area (Å²) in [4.78, 5) is 48.3. The van der Waals surface area contributed by atoms with Gasteiger partial charge in [-0.2, -0.15) is 18.2 Å². The minimum Gasteiger partial charge on any atom is -0.470 e. The maximum Gasteiger partial charge on any atom is 0.416 e. The van der Waals surface area contributed by atoms with Gasteiger partial charge >= 0.3 is 6.18 Å². The van der Waals surface area contributed by atoms with E-state index >= 15 is 0 Å². The Kier molecular flexibility index (Phi) is 10.6. The average molecular weight is 786 g/mol. The Bertz CT molecular complexity index is 2260. The number of nitrogens with one attached hydrogen (secondary N) is 1. The lowest BCUT2D eigenvalue weighted by atomic mass is 10.1. The van der Waals surface area contributed by atoms with Gasteiger partial charge in [-0.05, 0) is 74.8 Å². The smallest absolute Gasteiger partial charge is 0.416 e. The summed E-state index contributed by atoms with van der Waals surface area (Å²) in [5.74, 6) is -2.32. The zero-order valence-electron chi connectivity index (χ0n) is 29.6. The van der Waals surface area contributed by atoms with E-state index in [9.17, 15) is 40.4 Å². The second-order valence-electron chi connectivity index (χ2n) is 14.4. The molecule has 0 spiro atoms. The first-order valence-corrected chi connectivity index (χ1v) is 19.8. The van der Waals surface area contributed by atoms with E-state index in [1.165, 1.54) is 35.2 Å². The molecule has 1 saturated heterocycles. The van der Waals surface area contributed by atoms with E-state index in [1.54, 1.807) is 0 Å². The van der Waals surface area contributed by atoms with Crippen LogP contribution in [0.3, 0.4) is 0 Å². The van der Waals surface area contributed by atoms with Crippen molar-refractivity contribution in [3.63, 3.8) is 0 Å². The minimum atomic E-state index is -4.55. The Morgan fingerprint density at radius 3 is 2.47 bits per heavy atom. The van der Waals surface area contributed by atoms with Crippen molar-refractivity contribution >= 4 is 49.8 Å². The highest BCUT2D eigenvalue weighted by atomic mass is 32.2. The lowest BCUT2D eigenvalue weighted by molar-refractivity contribution is -0.137. The molecule has 2 aliphatic carbocycles. The van der Waals surface area contributed by atoms with Crippen molar-refractivity contribution < 1.29 is 49.5 Å². The molecule has 17 heteroatoms. The number of hydrogen-bond acceptors (Lipinski definition) is 9. The van der Waals surface area contributed by atoms with E-state index in [0.29, 0.717) is 31.1 Å². The second kappa shape index (κ2) is 15.2. The predicted molar refractivity (Wildman–Crippen MR) is 192 cm³/mol. The average Bonchev–Trinajstić information content (AvgIpc) is 4.06. The molecule has 3 amide bonds. The van der Waals surface area contributed by atoms with Gasteiger partial charge in [0, 0.05) is 29.7 Å². The maximum atomic E-state index is 14.3. The van der Waals surface area contributed by atoms with Crippen LogP contribution in [-0.2, 0) is 30.6 Å². The molecule has 55 heavy (non-hydrogen) atoms. The highest BCUT2D eigenvalue weighted by Crippen LogP contribution is 2.41. The molecule has 1 aliphatic heterocycles. The first-order chi connectivity index (χ1) is 26.2. The van der Waals surface area contributed by atoms with E-state index in [4.69, 9.17) is 14.9 Å². The third-order valence-electron chi connectivity index (χ3n) is 10.2. The van der Waals surface area contributed by atoms with Gasteiger partial charge < -0.3 is 19.8 Å². The molecular weight excluding hydrogens is 747 g/mol. The molecule has 2 saturated carbocycles.